The summed E-state index contributed by atoms with van der Waals surface area (Å²) in [5, 5.41) is 16.3. The lowest BCUT2D eigenvalue weighted by Crippen LogP contribution is -2.14. The molecule has 0 aliphatic rings. The second-order valence-corrected chi connectivity index (χ2v) is 7.90. The standard InChI is InChI=1S/C22H15Cl2FN6O2/c1-2-13(32)10-31-9-12(8-26)20(30-31)29-22(33)11-6-15(24)19-17(7-11)27-21(28-19)18-14(23)4-3-5-16(18)25/h3-7,9H,2,10H2,1H3,(H,27,28)(H,29,30,33). The molecule has 4 aromatic rings. The Morgan fingerprint density at radius 2 is 2.06 bits per heavy atom. The van der Waals surface area contributed by atoms with Crippen molar-refractivity contribution in [2.45, 2.75) is 19.9 Å². The maximum Gasteiger partial charge on any atom is 0.257 e. The van der Waals surface area contributed by atoms with Crippen LogP contribution in [0.4, 0.5) is 10.2 Å². The average molecular weight is 485 g/mol. The summed E-state index contributed by atoms with van der Waals surface area (Å²) in [7, 11) is 0. The number of halogens is 3. The Bertz CT molecular complexity index is 1430. The Kier molecular flexibility index (Phi) is 6.14. The highest BCUT2D eigenvalue weighted by Crippen LogP contribution is 2.32. The molecule has 4 rings (SSSR count). The molecule has 0 fully saturated rings. The number of nitrogens with one attached hydrogen (secondary N) is 2. The van der Waals surface area contributed by atoms with Crippen LogP contribution in [0.1, 0.15) is 29.3 Å². The molecule has 0 bridgehead atoms. The number of H-pyrrole nitrogens is 1. The molecule has 0 saturated heterocycles. The van der Waals surface area contributed by atoms with E-state index in [1.165, 1.54) is 41.2 Å². The summed E-state index contributed by atoms with van der Waals surface area (Å²) in [4.78, 5) is 31.8. The first-order chi connectivity index (χ1) is 15.8. The summed E-state index contributed by atoms with van der Waals surface area (Å²) in [6.07, 6.45) is 1.71. The second kappa shape index (κ2) is 9.02. The lowest BCUT2D eigenvalue weighted by atomic mass is 10.2. The lowest BCUT2D eigenvalue weighted by molar-refractivity contribution is -0.119. The molecular weight excluding hydrogens is 470 g/mol. The quantitative estimate of drug-likeness (QED) is 0.400. The third-order valence-electron chi connectivity index (χ3n) is 4.85. The maximum absolute atomic E-state index is 14.3. The molecule has 1 amide bonds. The van der Waals surface area contributed by atoms with Gasteiger partial charge >= 0.3 is 0 Å². The van der Waals surface area contributed by atoms with Crippen LogP contribution >= 0.6 is 23.2 Å². The van der Waals surface area contributed by atoms with Gasteiger partial charge in [-0.25, -0.2) is 9.37 Å². The Morgan fingerprint density at radius 1 is 1.27 bits per heavy atom. The normalized spacial score (nSPS) is 10.9. The van der Waals surface area contributed by atoms with Gasteiger partial charge in [-0.05, 0) is 24.3 Å². The first-order valence-electron chi connectivity index (χ1n) is 9.75. The number of Topliss-reactive ketones (excluding diaryl/α,β-unsaturated/α-hetero) is 1. The molecule has 33 heavy (non-hydrogen) atoms. The van der Waals surface area contributed by atoms with Crippen molar-refractivity contribution >= 4 is 51.7 Å². The zero-order valence-electron chi connectivity index (χ0n) is 17.1. The van der Waals surface area contributed by atoms with Crippen molar-refractivity contribution < 1.29 is 14.0 Å². The highest BCUT2D eigenvalue weighted by molar-refractivity contribution is 6.36. The van der Waals surface area contributed by atoms with Crippen LogP contribution < -0.4 is 5.32 Å². The number of nitriles is 1. The van der Waals surface area contributed by atoms with Crippen molar-refractivity contribution in [3.8, 4) is 17.5 Å². The number of hydrogen-bond acceptors (Lipinski definition) is 5. The molecule has 8 nitrogen and oxygen atoms in total. The molecule has 0 unspecified atom stereocenters. The average Bonchev–Trinajstić information content (AvgIpc) is 3.37. The fourth-order valence-electron chi connectivity index (χ4n) is 3.20. The molecule has 0 spiro atoms. The van der Waals surface area contributed by atoms with Crippen molar-refractivity contribution in [1.29, 1.82) is 5.26 Å². The number of amides is 1. The number of nitrogens with zero attached hydrogens (tertiary/aromatic N) is 4. The number of aromatic amines is 1. The SMILES string of the molecule is CCC(=O)Cn1cc(C#N)c(NC(=O)c2cc(Cl)c3nc(-c4c(F)cccc4Cl)[nH]c3c2)n1. The third kappa shape index (κ3) is 4.44. The number of imidazole rings is 1. The molecule has 0 aliphatic carbocycles. The van der Waals surface area contributed by atoms with Crippen molar-refractivity contribution in [2.75, 3.05) is 5.32 Å². The van der Waals surface area contributed by atoms with Crippen LogP contribution in [0.2, 0.25) is 10.0 Å². The number of rotatable bonds is 6. The third-order valence-corrected chi connectivity index (χ3v) is 5.45. The number of hydrogen-bond donors (Lipinski definition) is 2. The molecule has 0 saturated carbocycles. The minimum absolute atomic E-state index is 0.00559. The highest BCUT2D eigenvalue weighted by Gasteiger charge is 2.19. The Labute approximate surface area is 196 Å². The van der Waals surface area contributed by atoms with Gasteiger partial charge in [0.25, 0.3) is 5.91 Å². The van der Waals surface area contributed by atoms with Crippen LogP contribution in [0.15, 0.2) is 36.5 Å². The van der Waals surface area contributed by atoms with Crippen molar-refractivity contribution in [2.24, 2.45) is 0 Å². The van der Waals surface area contributed by atoms with Crippen molar-refractivity contribution in [3.05, 3.63) is 63.5 Å². The first-order valence-corrected chi connectivity index (χ1v) is 10.5. The van der Waals surface area contributed by atoms with E-state index in [9.17, 15) is 19.2 Å². The Morgan fingerprint density at radius 3 is 2.76 bits per heavy atom. The molecule has 2 N–H and O–H groups in total. The number of carbonyl (C=O) groups excluding carboxylic acids is 2. The van der Waals surface area contributed by atoms with E-state index in [1.807, 2.05) is 6.07 Å². The summed E-state index contributed by atoms with van der Waals surface area (Å²) in [6.45, 7) is 1.72. The Balaban J connectivity index is 1.66. The van der Waals surface area contributed by atoms with Gasteiger partial charge in [-0.15, -0.1) is 0 Å². The number of ketones is 1. The van der Waals surface area contributed by atoms with Crippen LogP contribution in [0.25, 0.3) is 22.4 Å². The van der Waals surface area contributed by atoms with Gasteiger partial charge in [0.05, 0.1) is 27.7 Å². The molecule has 0 aliphatic heterocycles. The van der Waals surface area contributed by atoms with E-state index in [0.717, 1.165) is 0 Å². The smallest absolute Gasteiger partial charge is 0.257 e. The number of fused-ring (bicyclic) bond motifs is 1. The second-order valence-electron chi connectivity index (χ2n) is 7.08. The van der Waals surface area contributed by atoms with Crippen LogP contribution in [0.3, 0.4) is 0 Å². The molecule has 0 radical (unpaired) electrons. The van der Waals surface area contributed by atoms with E-state index in [0.29, 0.717) is 17.5 Å². The molecule has 0 atom stereocenters. The largest absolute Gasteiger partial charge is 0.338 e. The molecule has 166 valence electrons. The van der Waals surface area contributed by atoms with E-state index in [4.69, 9.17) is 23.2 Å². The van der Waals surface area contributed by atoms with Crippen LogP contribution in [-0.2, 0) is 11.3 Å². The van der Waals surface area contributed by atoms with E-state index in [1.54, 1.807) is 6.92 Å². The van der Waals surface area contributed by atoms with Gasteiger partial charge in [-0.1, -0.05) is 36.2 Å². The monoisotopic (exact) mass is 484 g/mol. The fourth-order valence-corrected chi connectivity index (χ4v) is 3.71. The predicted molar refractivity (Wildman–Crippen MR) is 122 cm³/mol. The summed E-state index contributed by atoms with van der Waals surface area (Å²) >= 11 is 12.4. The summed E-state index contributed by atoms with van der Waals surface area (Å²) in [5.41, 5.74) is 1.08. The van der Waals surface area contributed by atoms with Gasteiger partial charge in [0.15, 0.2) is 11.6 Å². The van der Waals surface area contributed by atoms with Gasteiger partial charge in [-0.3, -0.25) is 14.3 Å². The molecule has 11 heteroatoms. The summed E-state index contributed by atoms with van der Waals surface area (Å²) in [5.74, 6) is -1.02. The Hall–Kier alpha value is -3.74. The summed E-state index contributed by atoms with van der Waals surface area (Å²) < 4.78 is 15.6. The highest BCUT2D eigenvalue weighted by atomic mass is 35.5. The number of aromatic nitrogens is 4. The molecular formula is C22H15Cl2FN6O2. The first kappa shape index (κ1) is 22.5. The molecule has 2 heterocycles. The maximum atomic E-state index is 14.3. The van der Waals surface area contributed by atoms with Crippen molar-refractivity contribution in [3.63, 3.8) is 0 Å². The van der Waals surface area contributed by atoms with E-state index >= 15 is 0 Å². The van der Waals surface area contributed by atoms with Crippen LogP contribution in [-0.4, -0.2) is 31.4 Å². The fraction of sp³-hybridized carbons (Fsp3) is 0.136. The topological polar surface area (TPSA) is 116 Å². The van der Waals surface area contributed by atoms with Gasteiger partial charge < -0.3 is 10.3 Å². The van der Waals surface area contributed by atoms with Gasteiger partial charge in [-0.2, -0.15) is 10.4 Å². The number of anilines is 1. The van der Waals surface area contributed by atoms with E-state index < -0.39 is 11.7 Å². The number of benzene rings is 2. The minimum atomic E-state index is -0.581. The van der Waals surface area contributed by atoms with Crippen LogP contribution in [0.5, 0.6) is 0 Å². The molecule has 2 aromatic heterocycles. The zero-order chi connectivity index (χ0) is 23.7. The summed E-state index contributed by atoms with van der Waals surface area (Å²) in [6, 6.07) is 9.10. The minimum Gasteiger partial charge on any atom is -0.338 e. The van der Waals surface area contributed by atoms with Gasteiger partial charge in [0, 0.05) is 18.2 Å². The van der Waals surface area contributed by atoms with Crippen LogP contribution in [0, 0.1) is 17.1 Å². The van der Waals surface area contributed by atoms with Gasteiger partial charge in [0.1, 0.15) is 28.8 Å². The molecule has 2 aromatic carbocycles. The van der Waals surface area contributed by atoms with E-state index in [2.05, 4.69) is 20.4 Å². The van der Waals surface area contributed by atoms with E-state index in [-0.39, 0.29) is 50.7 Å². The van der Waals surface area contributed by atoms with Gasteiger partial charge in [0.2, 0.25) is 0 Å². The number of carbonyl (C=O) groups is 2. The van der Waals surface area contributed by atoms with Crippen molar-refractivity contribution in [1.82, 2.24) is 19.7 Å². The lowest BCUT2D eigenvalue weighted by Gasteiger charge is -2.04. The zero-order valence-corrected chi connectivity index (χ0v) is 18.6. The predicted octanol–water partition coefficient (Wildman–Crippen LogP) is 4.98.